The summed E-state index contributed by atoms with van der Waals surface area (Å²) in [5.41, 5.74) is 2.14. The van der Waals surface area contributed by atoms with Gasteiger partial charge in [-0.1, -0.05) is 25.5 Å². The van der Waals surface area contributed by atoms with Crippen molar-refractivity contribution in [2.45, 2.75) is 57.7 Å². The fourth-order valence-corrected chi connectivity index (χ4v) is 3.99. The molecule has 25 heavy (non-hydrogen) atoms. The molecule has 3 unspecified atom stereocenters. The topological polar surface area (TPSA) is 62.4 Å². The number of nitrogens with one attached hydrogen (secondary N) is 3. The van der Waals surface area contributed by atoms with Gasteiger partial charge in [0.2, 0.25) is 5.91 Å². The molecule has 3 rings (SSSR count). The van der Waals surface area contributed by atoms with Crippen molar-refractivity contribution in [1.29, 1.82) is 0 Å². The van der Waals surface area contributed by atoms with Crippen molar-refractivity contribution < 1.29 is 9.53 Å². The molecule has 0 aromatic heterocycles. The minimum atomic E-state index is 0.0874. The lowest BCUT2D eigenvalue weighted by molar-refractivity contribution is -0.116. The Kier molecular flexibility index (Phi) is 6.84. The number of hydrogen-bond acceptors (Lipinski definition) is 4. The quantitative estimate of drug-likeness (QED) is 0.711. The van der Waals surface area contributed by atoms with Gasteiger partial charge in [0.1, 0.15) is 0 Å². The van der Waals surface area contributed by atoms with Crippen molar-refractivity contribution in [2.75, 3.05) is 25.1 Å². The van der Waals surface area contributed by atoms with Crippen molar-refractivity contribution in [1.82, 2.24) is 10.6 Å². The van der Waals surface area contributed by atoms with Crippen LogP contribution < -0.4 is 16.0 Å². The van der Waals surface area contributed by atoms with E-state index in [4.69, 9.17) is 4.74 Å². The average Bonchev–Trinajstić information content (AvgIpc) is 3.11. The van der Waals surface area contributed by atoms with Crippen LogP contribution in [0.15, 0.2) is 24.3 Å². The summed E-state index contributed by atoms with van der Waals surface area (Å²) in [4.78, 5) is 11.6. The number of anilines is 1. The molecule has 2 aliphatic rings. The average molecular weight is 345 g/mol. The zero-order chi connectivity index (χ0) is 17.5. The summed E-state index contributed by atoms with van der Waals surface area (Å²) in [5, 5.41) is 10.3. The number of carbonyl (C=O) groups is 1. The number of carbonyl (C=O) groups excluding carboxylic acids is 1. The Morgan fingerprint density at radius 3 is 2.84 bits per heavy atom. The van der Waals surface area contributed by atoms with Crippen LogP contribution in [0.2, 0.25) is 0 Å². The Bertz CT molecular complexity index is 540. The second-order valence-corrected chi connectivity index (χ2v) is 7.21. The summed E-state index contributed by atoms with van der Waals surface area (Å²) in [6.45, 7) is 5.54. The fourth-order valence-electron chi connectivity index (χ4n) is 3.99. The predicted octanol–water partition coefficient (Wildman–Crippen LogP) is 2.67. The maximum atomic E-state index is 11.6. The summed E-state index contributed by atoms with van der Waals surface area (Å²) >= 11 is 0. The fraction of sp³-hybridized carbons (Fsp3) is 0.650. The highest BCUT2D eigenvalue weighted by atomic mass is 16.5. The summed E-state index contributed by atoms with van der Waals surface area (Å²) in [6.07, 6.45) is 5.26. The van der Waals surface area contributed by atoms with Crippen LogP contribution in [0, 0.1) is 5.92 Å². The molecule has 138 valence electrons. The zero-order valence-corrected chi connectivity index (χ0v) is 15.2. The van der Waals surface area contributed by atoms with Gasteiger partial charge < -0.3 is 20.7 Å². The maximum absolute atomic E-state index is 11.6. The number of amides is 1. The molecular weight excluding hydrogens is 314 g/mol. The van der Waals surface area contributed by atoms with E-state index in [2.05, 4.69) is 28.1 Å². The molecule has 1 heterocycles. The van der Waals surface area contributed by atoms with Crippen LogP contribution in [0.1, 0.15) is 44.6 Å². The molecule has 3 atom stereocenters. The van der Waals surface area contributed by atoms with Crippen molar-refractivity contribution >= 4 is 11.6 Å². The first-order chi connectivity index (χ1) is 12.3. The van der Waals surface area contributed by atoms with Gasteiger partial charge in [-0.05, 0) is 42.9 Å². The lowest BCUT2D eigenvalue weighted by Crippen LogP contribution is -2.50. The van der Waals surface area contributed by atoms with Gasteiger partial charge in [0.05, 0.1) is 13.2 Å². The van der Waals surface area contributed by atoms with E-state index in [1.165, 1.54) is 24.8 Å². The van der Waals surface area contributed by atoms with Gasteiger partial charge in [0.15, 0.2) is 0 Å². The molecule has 5 nitrogen and oxygen atoms in total. The Morgan fingerprint density at radius 1 is 1.28 bits per heavy atom. The van der Waals surface area contributed by atoms with E-state index >= 15 is 0 Å². The Morgan fingerprint density at radius 2 is 2.12 bits per heavy atom. The number of ether oxygens (including phenoxy) is 1. The molecule has 1 aliphatic carbocycles. The highest BCUT2D eigenvalue weighted by Gasteiger charge is 2.34. The Hall–Kier alpha value is -1.43. The van der Waals surface area contributed by atoms with Crippen LogP contribution in [0.5, 0.6) is 0 Å². The van der Waals surface area contributed by atoms with Crippen molar-refractivity contribution in [2.24, 2.45) is 5.92 Å². The maximum Gasteiger partial charge on any atom is 0.224 e. The first-order valence-corrected chi connectivity index (χ1v) is 9.69. The third kappa shape index (κ3) is 5.27. The molecule has 1 aliphatic heterocycles. The van der Waals surface area contributed by atoms with Gasteiger partial charge in [-0.25, -0.2) is 0 Å². The molecule has 2 fully saturated rings. The standard InChI is InChI=1S/C20H31N3O2/c1-2-4-20(24)23-16-9-7-15(8-10-16)13-22-18-6-3-5-17(18)19-14-25-12-11-21-19/h7-10,17-19,21-22H,2-6,11-14H2,1H3,(H,23,24). The van der Waals surface area contributed by atoms with Gasteiger partial charge in [0, 0.05) is 37.3 Å². The van der Waals surface area contributed by atoms with Crippen LogP contribution in [0.3, 0.4) is 0 Å². The van der Waals surface area contributed by atoms with Crippen molar-refractivity contribution in [3.8, 4) is 0 Å². The van der Waals surface area contributed by atoms with Crippen molar-refractivity contribution in [3.05, 3.63) is 29.8 Å². The Balaban J connectivity index is 1.48. The summed E-state index contributed by atoms with van der Waals surface area (Å²) in [7, 11) is 0. The van der Waals surface area contributed by atoms with Gasteiger partial charge in [-0.15, -0.1) is 0 Å². The van der Waals surface area contributed by atoms with Crippen molar-refractivity contribution in [3.63, 3.8) is 0 Å². The molecule has 3 N–H and O–H groups in total. The van der Waals surface area contributed by atoms with Gasteiger partial charge in [0.25, 0.3) is 0 Å². The first kappa shape index (κ1) is 18.4. The lowest BCUT2D eigenvalue weighted by Gasteiger charge is -2.33. The molecule has 1 saturated heterocycles. The smallest absolute Gasteiger partial charge is 0.224 e. The van der Waals surface area contributed by atoms with Gasteiger partial charge in [-0.2, -0.15) is 0 Å². The number of morpholine rings is 1. The highest BCUT2D eigenvalue weighted by molar-refractivity contribution is 5.90. The summed E-state index contributed by atoms with van der Waals surface area (Å²) in [5.74, 6) is 0.747. The second kappa shape index (κ2) is 9.32. The van der Waals surface area contributed by atoms with E-state index in [0.29, 0.717) is 24.4 Å². The lowest BCUT2D eigenvalue weighted by atomic mass is 9.94. The van der Waals surface area contributed by atoms with E-state index in [-0.39, 0.29) is 5.91 Å². The largest absolute Gasteiger partial charge is 0.379 e. The minimum Gasteiger partial charge on any atom is -0.379 e. The molecule has 1 amide bonds. The third-order valence-corrected chi connectivity index (χ3v) is 5.32. The monoisotopic (exact) mass is 345 g/mol. The van der Waals surface area contributed by atoms with E-state index in [0.717, 1.165) is 38.4 Å². The summed E-state index contributed by atoms with van der Waals surface area (Å²) < 4.78 is 5.64. The van der Waals surface area contributed by atoms with Crippen LogP contribution in [-0.4, -0.2) is 37.7 Å². The summed E-state index contributed by atoms with van der Waals surface area (Å²) in [6, 6.07) is 9.23. The van der Waals surface area contributed by atoms with Crippen LogP contribution in [-0.2, 0) is 16.1 Å². The van der Waals surface area contributed by atoms with Crippen LogP contribution in [0.25, 0.3) is 0 Å². The Labute approximate surface area is 150 Å². The zero-order valence-electron chi connectivity index (χ0n) is 15.2. The van der Waals surface area contributed by atoms with Gasteiger partial charge in [-0.3, -0.25) is 4.79 Å². The van der Waals surface area contributed by atoms with Crippen LogP contribution in [0.4, 0.5) is 5.69 Å². The normalized spacial score (nSPS) is 26.5. The molecule has 5 heteroatoms. The van der Waals surface area contributed by atoms with E-state index in [9.17, 15) is 4.79 Å². The number of rotatable bonds is 7. The van der Waals surface area contributed by atoms with E-state index in [1.54, 1.807) is 0 Å². The molecular formula is C20H31N3O2. The minimum absolute atomic E-state index is 0.0874. The first-order valence-electron chi connectivity index (χ1n) is 9.69. The molecule has 1 saturated carbocycles. The molecule has 0 spiro atoms. The van der Waals surface area contributed by atoms with E-state index in [1.807, 2.05) is 19.1 Å². The predicted molar refractivity (Wildman–Crippen MR) is 101 cm³/mol. The molecule has 1 aromatic carbocycles. The van der Waals surface area contributed by atoms with E-state index < -0.39 is 0 Å². The highest BCUT2D eigenvalue weighted by Crippen LogP contribution is 2.29. The molecule has 0 radical (unpaired) electrons. The van der Waals surface area contributed by atoms with Gasteiger partial charge >= 0.3 is 0 Å². The number of benzene rings is 1. The van der Waals surface area contributed by atoms with Crippen LogP contribution >= 0.6 is 0 Å². The number of hydrogen-bond donors (Lipinski definition) is 3. The second-order valence-electron chi connectivity index (χ2n) is 7.21. The SMILES string of the molecule is CCCC(=O)Nc1ccc(CNC2CCCC2C2COCCN2)cc1. The third-order valence-electron chi connectivity index (χ3n) is 5.32. The molecule has 1 aromatic rings. The molecule has 0 bridgehead atoms.